The summed E-state index contributed by atoms with van der Waals surface area (Å²) in [5.41, 5.74) is 1.70. The van der Waals surface area contributed by atoms with E-state index in [2.05, 4.69) is 34.7 Å². The van der Waals surface area contributed by atoms with Crippen LogP contribution in [0.2, 0.25) is 5.02 Å². The second-order valence-corrected chi connectivity index (χ2v) is 9.49. The summed E-state index contributed by atoms with van der Waals surface area (Å²) in [6, 6.07) is 12.7. The van der Waals surface area contributed by atoms with Gasteiger partial charge in [-0.05, 0) is 48.7 Å². The highest BCUT2D eigenvalue weighted by Gasteiger charge is 2.15. The first-order valence-corrected chi connectivity index (χ1v) is 12.8. The normalized spacial score (nSPS) is 10.8. The van der Waals surface area contributed by atoms with Crippen LogP contribution in [0.25, 0.3) is 0 Å². The lowest BCUT2D eigenvalue weighted by molar-refractivity contribution is -0.123. The summed E-state index contributed by atoms with van der Waals surface area (Å²) in [5.74, 6) is 1.79. The molecule has 9 nitrogen and oxygen atoms in total. The van der Waals surface area contributed by atoms with Crippen molar-refractivity contribution in [1.82, 2.24) is 20.1 Å². The summed E-state index contributed by atoms with van der Waals surface area (Å²) in [4.78, 5) is 24.7. The minimum Gasteiger partial charge on any atom is -0.495 e. The molecule has 192 valence electrons. The van der Waals surface area contributed by atoms with E-state index in [1.807, 2.05) is 35.8 Å². The van der Waals surface area contributed by atoms with E-state index in [1.165, 1.54) is 24.4 Å². The van der Waals surface area contributed by atoms with Gasteiger partial charge in [0.15, 0.2) is 17.6 Å². The lowest BCUT2D eigenvalue weighted by atomic mass is 10.0. The minimum atomic E-state index is -0.266. The van der Waals surface area contributed by atoms with Gasteiger partial charge in [0.25, 0.3) is 5.91 Å². The van der Waals surface area contributed by atoms with E-state index >= 15 is 0 Å². The molecule has 1 heterocycles. The topological polar surface area (TPSA) is 107 Å². The number of methoxy groups -OCH3 is 1. The zero-order chi connectivity index (χ0) is 26.1. The van der Waals surface area contributed by atoms with Crippen molar-refractivity contribution >= 4 is 40.9 Å². The van der Waals surface area contributed by atoms with Gasteiger partial charge in [-0.3, -0.25) is 9.59 Å². The van der Waals surface area contributed by atoms with Gasteiger partial charge in [-0.25, -0.2) is 0 Å². The average Bonchev–Trinajstić information content (AvgIpc) is 3.27. The van der Waals surface area contributed by atoms with Gasteiger partial charge in [0.1, 0.15) is 11.5 Å². The quantitative estimate of drug-likeness (QED) is 0.331. The molecule has 0 aliphatic rings. The molecule has 3 rings (SSSR count). The number of ether oxygens (including phenoxy) is 2. The van der Waals surface area contributed by atoms with Crippen LogP contribution in [-0.4, -0.2) is 46.0 Å². The maximum Gasteiger partial charge on any atom is 0.258 e. The number of benzene rings is 2. The molecule has 0 aliphatic heterocycles. The molecule has 0 fully saturated rings. The molecule has 2 amide bonds. The number of halogens is 1. The van der Waals surface area contributed by atoms with Gasteiger partial charge in [0, 0.05) is 11.6 Å². The molecule has 2 aromatic carbocycles. The number of hydrogen-bond acceptors (Lipinski definition) is 7. The molecule has 36 heavy (non-hydrogen) atoms. The van der Waals surface area contributed by atoms with Crippen LogP contribution < -0.4 is 20.1 Å². The van der Waals surface area contributed by atoms with Gasteiger partial charge in [0.05, 0.1) is 25.1 Å². The Morgan fingerprint density at radius 3 is 2.53 bits per heavy atom. The third-order valence-electron chi connectivity index (χ3n) is 5.24. The number of anilines is 1. The number of nitrogens with one attached hydrogen (secondary N) is 2. The predicted molar refractivity (Wildman–Crippen MR) is 141 cm³/mol. The Kier molecular flexibility index (Phi) is 10.0. The van der Waals surface area contributed by atoms with Crippen molar-refractivity contribution in [3.05, 3.63) is 58.9 Å². The van der Waals surface area contributed by atoms with Crippen molar-refractivity contribution < 1.29 is 19.1 Å². The van der Waals surface area contributed by atoms with Gasteiger partial charge in [-0.15, -0.1) is 10.2 Å². The smallest absolute Gasteiger partial charge is 0.258 e. The van der Waals surface area contributed by atoms with E-state index in [-0.39, 0.29) is 30.7 Å². The number of amides is 2. The SMILES string of the molecule is CCn1c(CNC(=O)COc2ccc(C(C)C)cc2)nnc1SCC(=O)Nc1cc(Cl)ccc1OC. The van der Waals surface area contributed by atoms with Crippen molar-refractivity contribution in [1.29, 1.82) is 0 Å². The predicted octanol–water partition coefficient (Wildman–Crippen LogP) is 4.51. The Hall–Kier alpha value is -3.24. The molecule has 0 aliphatic carbocycles. The molecule has 0 saturated heterocycles. The van der Waals surface area contributed by atoms with Crippen LogP contribution in [-0.2, 0) is 22.7 Å². The molecular formula is C25H30ClN5O4S. The summed E-state index contributed by atoms with van der Waals surface area (Å²) in [6.07, 6.45) is 0. The summed E-state index contributed by atoms with van der Waals surface area (Å²) >= 11 is 7.27. The van der Waals surface area contributed by atoms with E-state index < -0.39 is 0 Å². The summed E-state index contributed by atoms with van der Waals surface area (Å²) in [7, 11) is 1.52. The second kappa shape index (κ2) is 13.2. The van der Waals surface area contributed by atoms with Crippen molar-refractivity contribution in [2.24, 2.45) is 0 Å². The fourth-order valence-corrected chi connectivity index (χ4v) is 4.29. The van der Waals surface area contributed by atoms with Gasteiger partial charge >= 0.3 is 0 Å². The molecule has 2 N–H and O–H groups in total. The zero-order valence-corrected chi connectivity index (χ0v) is 22.3. The largest absolute Gasteiger partial charge is 0.495 e. The molecule has 0 saturated carbocycles. The summed E-state index contributed by atoms with van der Waals surface area (Å²) < 4.78 is 12.7. The van der Waals surface area contributed by atoms with E-state index in [4.69, 9.17) is 21.1 Å². The number of thioether (sulfide) groups is 1. The lowest BCUT2D eigenvalue weighted by Crippen LogP contribution is -2.29. The summed E-state index contributed by atoms with van der Waals surface area (Å²) in [6.45, 7) is 6.87. The molecular weight excluding hydrogens is 502 g/mol. The van der Waals surface area contributed by atoms with Crippen LogP contribution in [0.1, 0.15) is 38.1 Å². The number of rotatable bonds is 12. The van der Waals surface area contributed by atoms with Crippen molar-refractivity contribution in [3.63, 3.8) is 0 Å². The van der Waals surface area contributed by atoms with Crippen LogP contribution in [0, 0.1) is 0 Å². The number of hydrogen-bond donors (Lipinski definition) is 2. The Morgan fingerprint density at radius 1 is 1.11 bits per heavy atom. The van der Waals surface area contributed by atoms with E-state index in [0.717, 1.165) is 0 Å². The highest BCUT2D eigenvalue weighted by Crippen LogP contribution is 2.28. The lowest BCUT2D eigenvalue weighted by Gasteiger charge is -2.11. The van der Waals surface area contributed by atoms with E-state index in [9.17, 15) is 9.59 Å². The number of carbonyl (C=O) groups excluding carboxylic acids is 2. The van der Waals surface area contributed by atoms with Crippen LogP contribution in [0.3, 0.4) is 0 Å². The minimum absolute atomic E-state index is 0.101. The monoisotopic (exact) mass is 531 g/mol. The van der Waals surface area contributed by atoms with Gasteiger partial charge in [0.2, 0.25) is 5.91 Å². The molecule has 0 radical (unpaired) electrons. The first-order valence-electron chi connectivity index (χ1n) is 11.5. The standard InChI is InChI=1S/C25H30ClN5O4S/c1-5-31-22(13-27-23(32)14-35-19-9-6-17(7-10-19)16(2)3)29-30-25(31)36-15-24(33)28-20-12-18(26)8-11-21(20)34-4/h6-12,16H,5,13-15H2,1-4H3,(H,27,32)(H,28,33). The highest BCUT2D eigenvalue weighted by molar-refractivity contribution is 7.99. The van der Waals surface area contributed by atoms with Crippen LogP contribution in [0.4, 0.5) is 5.69 Å². The van der Waals surface area contributed by atoms with Gasteiger partial charge < -0.3 is 24.7 Å². The highest BCUT2D eigenvalue weighted by atomic mass is 35.5. The second-order valence-electron chi connectivity index (χ2n) is 8.11. The Labute approximate surface area is 219 Å². The maximum absolute atomic E-state index is 12.5. The van der Waals surface area contributed by atoms with E-state index in [0.29, 0.717) is 45.7 Å². The average molecular weight is 532 g/mol. The fraction of sp³-hybridized carbons (Fsp3) is 0.360. The molecule has 0 spiro atoms. The fourth-order valence-electron chi connectivity index (χ4n) is 3.29. The van der Waals surface area contributed by atoms with Crippen LogP contribution in [0.5, 0.6) is 11.5 Å². The zero-order valence-electron chi connectivity index (χ0n) is 20.7. The Morgan fingerprint density at radius 2 is 1.86 bits per heavy atom. The maximum atomic E-state index is 12.5. The van der Waals surface area contributed by atoms with Crippen molar-refractivity contribution in [2.45, 2.75) is 44.9 Å². The number of aromatic nitrogens is 3. The molecule has 11 heteroatoms. The molecule has 0 unspecified atom stereocenters. The summed E-state index contributed by atoms with van der Waals surface area (Å²) in [5, 5.41) is 15.0. The van der Waals surface area contributed by atoms with Crippen LogP contribution >= 0.6 is 23.4 Å². The molecule has 0 atom stereocenters. The van der Waals surface area contributed by atoms with E-state index in [1.54, 1.807) is 18.2 Å². The molecule has 1 aromatic heterocycles. The molecule has 3 aromatic rings. The first-order chi connectivity index (χ1) is 17.3. The van der Waals surface area contributed by atoms with Crippen molar-refractivity contribution in [2.75, 3.05) is 24.8 Å². The third-order valence-corrected chi connectivity index (χ3v) is 6.44. The number of nitrogens with zero attached hydrogens (tertiary/aromatic N) is 3. The first kappa shape index (κ1) is 27.3. The Balaban J connectivity index is 1.49. The van der Waals surface area contributed by atoms with Crippen LogP contribution in [0.15, 0.2) is 47.6 Å². The van der Waals surface area contributed by atoms with Gasteiger partial charge in [-0.1, -0.05) is 49.3 Å². The van der Waals surface area contributed by atoms with Gasteiger partial charge in [-0.2, -0.15) is 0 Å². The molecule has 0 bridgehead atoms. The van der Waals surface area contributed by atoms with Crippen molar-refractivity contribution in [3.8, 4) is 11.5 Å². The number of carbonyl (C=O) groups is 2. The third kappa shape index (κ3) is 7.63. The Bertz CT molecular complexity index is 1180.